The van der Waals surface area contributed by atoms with Crippen molar-refractivity contribution in [2.75, 3.05) is 19.6 Å². The van der Waals surface area contributed by atoms with Gasteiger partial charge in [0.15, 0.2) is 0 Å². The van der Waals surface area contributed by atoms with Crippen molar-refractivity contribution in [2.45, 2.75) is 58.7 Å². The fourth-order valence-corrected chi connectivity index (χ4v) is 2.66. The van der Waals surface area contributed by atoms with Crippen molar-refractivity contribution < 1.29 is 0 Å². The summed E-state index contributed by atoms with van der Waals surface area (Å²) < 4.78 is 2.02. The zero-order chi connectivity index (χ0) is 13.7. The second-order valence-electron chi connectivity index (χ2n) is 5.96. The largest absolute Gasteiger partial charge is 0.310 e. The van der Waals surface area contributed by atoms with E-state index in [2.05, 4.69) is 48.3 Å². The first-order chi connectivity index (χ1) is 9.16. The van der Waals surface area contributed by atoms with E-state index in [4.69, 9.17) is 0 Å². The molecule has 0 aliphatic carbocycles. The number of aromatic nitrogens is 2. The molecule has 2 rings (SSSR count). The Hall–Kier alpha value is -0.870. The molecule has 108 valence electrons. The van der Waals surface area contributed by atoms with Gasteiger partial charge in [0, 0.05) is 31.4 Å². The van der Waals surface area contributed by atoms with Crippen LogP contribution in [0.5, 0.6) is 0 Å². The first-order valence-corrected chi connectivity index (χ1v) is 7.65. The SMILES string of the molecule is CC(CNCc1ccn(C(C)C)n1)N1CCCCC1. The van der Waals surface area contributed by atoms with E-state index in [0.717, 1.165) is 18.8 Å². The Bertz CT molecular complexity index is 366. The van der Waals surface area contributed by atoms with E-state index < -0.39 is 0 Å². The molecular formula is C15H28N4. The first-order valence-electron chi connectivity index (χ1n) is 7.65. The van der Waals surface area contributed by atoms with Crippen LogP contribution in [-0.2, 0) is 6.54 Å². The highest BCUT2D eigenvalue weighted by Crippen LogP contribution is 2.11. The van der Waals surface area contributed by atoms with Crippen LogP contribution in [0.1, 0.15) is 51.8 Å². The monoisotopic (exact) mass is 264 g/mol. The van der Waals surface area contributed by atoms with Crippen LogP contribution in [0.15, 0.2) is 12.3 Å². The minimum atomic E-state index is 0.445. The third-order valence-electron chi connectivity index (χ3n) is 3.95. The van der Waals surface area contributed by atoms with Crippen LogP contribution in [0.3, 0.4) is 0 Å². The molecule has 0 bridgehead atoms. The van der Waals surface area contributed by atoms with Gasteiger partial charge in [-0.2, -0.15) is 5.10 Å². The highest BCUT2D eigenvalue weighted by atomic mass is 15.3. The van der Waals surface area contributed by atoms with Crippen LogP contribution in [-0.4, -0.2) is 40.4 Å². The Morgan fingerprint density at radius 1 is 1.21 bits per heavy atom. The highest BCUT2D eigenvalue weighted by molar-refractivity contribution is 4.99. The molecule has 19 heavy (non-hydrogen) atoms. The van der Waals surface area contributed by atoms with Crippen LogP contribution in [0.25, 0.3) is 0 Å². The van der Waals surface area contributed by atoms with E-state index in [1.165, 1.54) is 32.4 Å². The molecule has 4 nitrogen and oxygen atoms in total. The normalized spacial score (nSPS) is 18.9. The summed E-state index contributed by atoms with van der Waals surface area (Å²) in [6.45, 7) is 11.1. The van der Waals surface area contributed by atoms with Crippen molar-refractivity contribution >= 4 is 0 Å². The van der Waals surface area contributed by atoms with Gasteiger partial charge in [0.05, 0.1) is 5.69 Å². The second-order valence-corrected chi connectivity index (χ2v) is 5.96. The topological polar surface area (TPSA) is 33.1 Å². The Kier molecular flexibility index (Phi) is 5.40. The minimum Gasteiger partial charge on any atom is -0.310 e. The third-order valence-corrected chi connectivity index (χ3v) is 3.95. The first kappa shape index (κ1) is 14.5. The molecule has 2 heterocycles. The molecule has 0 aromatic carbocycles. The van der Waals surface area contributed by atoms with Gasteiger partial charge in [-0.15, -0.1) is 0 Å². The Morgan fingerprint density at radius 3 is 2.58 bits per heavy atom. The van der Waals surface area contributed by atoms with E-state index in [1.807, 2.05) is 4.68 Å². The average molecular weight is 264 g/mol. The molecule has 1 aromatic rings. The lowest BCUT2D eigenvalue weighted by Gasteiger charge is -2.32. The molecule has 4 heteroatoms. The van der Waals surface area contributed by atoms with E-state index in [0.29, 0.717) is 12.1 Å². The van der Waals surface area contributed by atoms with E-state index in [1.54, 1.807) is 0 Å². The molecular weight excluding hydrogens is 236 g/mol. The lowest BCUT2D eigenvalue weighted by atomic mass is 10.1. The molecule has 0 amide bonds. The molecule has 0 spiro atoms. The van der Waals surface area contributed by atoms with Gasteiger partial charge in [0.1, 0.15) is 0 Å². The standard InChI is InChI=1S/C15H28N4/c1-13(2)19-10-7-15(17-19)12-16-11-14(3)18-8-5-4-6-9-18/h7,10,13-14,16H,4-6,8-9,11-12H2,1-3H3. The van der Waals surface area contributed by atoms with Crippen LogP contribution < -0.4 is 5.32 Å². The number of hydrogen-bond donors (Lipinski definition) is 1. The number of piperidine rings is 1. The fourth-order valence-electron chi connectivity index (χ4n) is 2.66. The van der Waals surface area contributed by atoms with Crippen molar-refractivity contribution in [3.63, 3.8) is 0 Å². The molecule has 1 unspecified atom stereocenters. The quantitative estimate of drug-likeness (QED) is 0.856. The molecule has 1 aliphatic rings. The molecule has 0 saturated carbocycles. The molecule has 0 radical (unpaired) electrons. The van der Waals surface area contributed by atoms with E-state index in [9.17, 15) is 0 Å². The van der Waals surface area contributed by atoms with Crippen LogP contribution in [0.2, 0.25) is 0 Å². The summed E-state index contributed by atoms with van der Waals surface area (Å²) in [5.74, 6) is 0. The summed E-state index contributed by atoms with van der Waals surface area (Å²) >= 11 is 0. The number of hydrogen-bond acceptors (Lipinski definition) is 3. The smallest absolute Gasteiger partial charge is 0.0762 e. The van der Waals surface area contributed by atoms with Crippen LogP contribution >= 0.6 is 0 Å². The summed E-state index contributed by atoms with van der Waals surface area (Å²) in [5, 5.41) is 8.09. The Labute approximate surface area is 117 Å². The van der Waals surface area contributed by atoms with Gasteiger partial charge in [-0.3, -0.25) is 9.58 Å². The molecule has 1 aromatic heterocycles. The maximum Gasteiger partial charge on any atom is 0.0762 e. The third kappa shape index (κ3) is 4.32. The Balaban J connectivity index is 1.70. The van der Waals surface area contributed by atoms with Crippen molar-refractivity contribution in [2.24, 2.45) is 0 Å². The zero-order valence-corrected chi connectivity index (χ0v) is 12.6. The lowest BCUT2D eigenvalue weighted by molar-refractivity contribution is 0.170. The minimum absolute atomic E-state index is 0.445. The van der Waals surface area contributed by atoms with Crippen LogP contribution in [0.4, 0.5) is 0 Å². The molecule has 1 N–H and O–H groups in total. The number of nitrogens with one attached hydrogen (secondary N) is 1. The highest BCUT2D eigenvalue weighted by Gasteiger charge is 2.16. The maximum atomic E-state index is 4.56. The predicted octanol–water partition coefficient (Wildman–Crippen LogP) is 2.43. The summed E-state index contributed by atoms with van der Waals surface area (Å²) in [6, 6.07) is 3.19. The van der Waals surface area contributed by atoms with Crippen molar-refractivity contribution in [1.82, 2.24) is 20.0 Å². The fraction of sp³-hybridized carbons (Fsp3) is 0.800. The molecule has 1 saturated heterocycles. The molecule has 1 aliphatic heterocycles. The number of rotatable bonds is 6. The van der Waals surface area contributed by atoms with Gasteiger partial charge in [-0.1, -0.05) is 6.42 Å². The summed E-state index contributed by atoms with van der Waals surface area (Å²) in [4.78, 5) is 2.60. The lowest BCUT2D eigenvalue weighted by Crippen LogP contribution is -2.43. The number of nitrogens with zero attached hydrogens (tertiary/aromatic N) is 3. The zero-order valence-electron chi connectivity index (χ0n) is 12.6. The van der Waals surface area contributed by atoms with E-state index in [-0.39, 0.29) is 0 Å². The average Bonchev–Trinajstić information content (AvgIpc) is 2.89. The maximum absolute atomic E-state index is 4.56. The van der Waals surface area contributed by atoms with Gasteiger partial charge in [0.2, 0.25) is 0 Å². The van der Waals surface area contributed by atoms with Gasteiger partial charge in [0.25, 0.3) is 0 Å². The Morgan fingerprint density at radius 2 is 1.95 bits per heavy atom. The van der Waals surface area contributed by atoms with Crippen LogP contribution in [0, 0.1) is 0 Å². The summed E-state index contributed by atoms with van der Waals surface area (Å²) in [7, 11) is 0. The van der Waals surface area contributed by atoms with Crippen molar-refractivity contribution in [1.29, 1.82) is 0 Å². The van der Waals surface area contributed by atoms with Gasteiger partial charge < -0.3 is 5.32 Å². The van der Waals surface area contributed by atoms with E-state index >= 15 is 0 Å². The van der Waals surface area contributed by atoms with Gasteiger partial charge in [-0.05, 0) is 52.8 Å². The van der Waals surface area contributed by atoms with Gasteiger partial charge in [-0.25, -0.2) is 0 Å². The van der Waals surface area contributed by atoms with Crippen molar-refractivity contribution in [3.05, 3.63) is 18.0 Å². The van der Waals surface area contributed by atoms with Crippen molar-refractivity contribution in [3.8, 4) is 0 Å². The number of likely N-dealkylation sites (tertiary alicyclic amines) is 1. The summed E-state index contributed by atoms with van der Waals surface area (Å²) in [5.41, 5.74) is 1.14. The summed E-state index contributed by atoms with van der Waals surface area (Å²) in [6.07, 6.45) is 6.20. The predicted molar refractivity (Wildman–Crippen MR) is 79.2 cm³/mol. The van der Waals surface area contributed by atoms with Gasteiger partial charge >= 0.3 is 0 Å². The second kappa shape index (κ2) is 7.06. The molecule has 1 fully saturated rings. The molecule has 1 atom stereocenters.